The number of benzene rings is 1. The summed E-state index contributed by atoms with van der Waals surface area (Å²) in [4.78, 5) is 25.9. The van der Waals surface area contributed by atoms with Gasteiger partial charge in [-0.3, -0.25) is 9.36 Å². The normalized spacial score (nSPS) is 23.4. The number of carbonyl (C=O) groups is 1. The Morgan fingerprint density at radius 1 is 1.21 bits per heavy atom. The Bertz CT molecular complexity index is 1160. The number of ether oxygens (including phenoxy) is 1. The van der Waals surface area contributed by atoms with Crippen LogP contribution in [0.2, 0.25) is 18.1 Å². The van der Waals surface area contributed by atoms with E-state index < -0.39 is 14.5 Å². The maximum atomic E-state index is 12.7. The first kappa shape index (κ1) is 24.5. The van der Waals surface area contributed by atoms with Crippen molar-refractivity contribution in [3.05, 3.63) is 48.5 Å². The minimum absolute atomic E-state index is 0.0234. The third-order valence-electron chi connectivity index (χ3n) is 6.94. The standard InChI is InChI=1S/C24H34N6O3Si/c1-7-16-17(25)19(33-34(5,6)24(2,3)4)23(32-16)30-14-28-18-20(26-13-27-21(18)30)29-22(31)15-11-9-8-10-12-15/h8-14,16-17,19,23H,7,25H2,1-6H3,(H,26,27,29,31)/t16-,17?,19+,23-/m1/s1. The van der Waals surface area contributed by atoms with E-state index in [1.807, 2.05) is 22.8 Å². The Labute approximate surface area is 201 Å². The van der Waals surface area contributed by atoms with Gasteiger partial charge in [0.1, 0.15) is 12.4 Å². The summed E-state index contributed by atoms with van der Waals surface area (Å²) in [5, 5.41) is 2.87. The van der Waals surface area contributed by atoms with Gasteiger partial charge in [-0.05, 0) is 36.7 Å². The predicted octanol–water partition coefficient (Wildman–Crippen LogP) is 4.10. The van der Waals surface area contributed by atoms with E-state index >= 15 is 0 Å². The lowest BCUT2D eigenvalue weighted by Gasteiger charge is -2.40. The lowest BCUT2D eigenvalue weighted by Crippen LogP contribution is -2.51. The highest BCUT2D eigenvalue weighted by Gasteiger charge is 2.49. The zero-order chi connectivity index (χ0) is 24.7. The number of carbonyl (C=O) groups excluding carboxylic acids is 1. The zero-order valence-electron chi connectivity index (χ0n) is 20.6. The zero-order valence-corrected chi connectivity index (χ0v) is 21.6. The second kappa shape index (κ2) is 9.18. The van der Waals surface area contributed by atoms with Crippen LogP contribution in [0.3, 0.4) is 0 Å². The van der Waals surface area contributed by atoms with Gasteiger partial charge >= 0.3 is 0 Å². The van der Waals surface area contributed by atoms with Crippen LogP contribution in [0.25, 0.3) is 11.2 Å². The summed E-state index contributed by atoms with van der Waals surface area (Å²) < 4.78 is 15.0. The summed E-state index contributed by atoms with van der Waals surface area (Å²) in [7, 11) is -2.13. The summed E-state index contributed by atoms with van der Waals surface area (Å²) in [6, 6.07) is 8.70. The average Bonchev–Trinajstić information content (AvgIpc) is 3.35. The summed E-state index contributed by atoms with van der Waals surface area (Å²) >= 11 is 0. The van der Waals surface area contributed by atoms with Crippen molar-refractivity contribution < 1.29 is 14.0 Å². The van der Waals surface area contributed by atoms with Gasteiger partial charge in [0.05, 0.1) is 18.5 Å². The van der Waals surface area contributed by atoms with Crippen LogP contribution in [0.1, 0.15) is 50.7 Å². The number of nitrogens with one attached hydrogen (secondary N) is 1. The van der Waals surface area contributed by atoms with E-state index in [9.17, 15) is 4.79 Å². The molecule has 10 heteroatoms. The van der Waals surface area contributed by atoms with Crippen LogP contribution in [-0.2, 0) is 9.16 Å². The smallest absolute Gasteiger partial charge is 0.256 e. The second-order valence-electron chi connectivity index (χ2n) is 10.3. The van der Waals surface area contributed by atoms with E-state index in [1.165, 1.54) is 6.33 Å². The Morgan fingerprint density at radius 3 is 2.56 bits per heavy atom. The number of aromatic nitrogens is 4. The number of hydrogen-bond donors (Lipinski definition) is 2. The van der Waals surface area contributed by atoms with E-state index in [0.717, 1.165) is 6.42 Å². The van der Waals surface area contributed by atoms with Crippen LogP contribution in [0, 0.1) is 0 Å². The van der Waals surface area contributed by atoms with Crippen molar-refractivity contribution in [1.82, 2.24) is 19.5 Å². The molecule has 1 fully saturated rings. The fourth-order valence-corrected chi connectivity index (χ4v) is 5.20. The molecule has 1 unspecified atom stereocenters. The van der Waals surface area contributed by atoms with Gasteiger partial charge < -0.3 is 20.2 Å². The number of anilines is 1. The summed E-state index contributed by atoms with van der Waals surface area (Å²) in [6.45, 7) is 13.1. The molecule has 182 valence electrons. The Kier molecular flexibility index (Phi) is 6.60. The molecule has 0 saturated carbocycles. The first-order valence-corrected chi connectivity index (χ1v) is 14.6. The molecule has 0 radical (unpaired) electrons. The van der Waals surface area contributed by atoms with Gasteiger partial charge in [0.25, 0.3) is 5.91 Å². The highest BCUT2D eigenvalue weighted by atomic mass is 28.4. The van der Waals surface area contributed by atoms with Gasteiger partial charge in [0, 0.05) is 5.56 Å². The van der Waals surface area contributed by atoms with Crippen LogP contribution >= 0.6 is 0 Å². The number of nitrogens with zero attached hydrogens (tertiary/aromatic N) is 4. The van der Waals surface area contributed by atoms with Crippen molar-refractivity contribution in [2.75, 3.05) is 5.32 Å². The Balaban J connectivity index is 1.68. The molecule has 4 rings (SSSR count). The third-order valence-corrected chi connectivity index (χ3v) is 11.4. The molecule has 1 aliphatic rings. The minimum Gasteiger partial charge on any atom is -0.408 e. The minimum atomic E-state index is -2.13. The fraction of sp³-hybridized carbons (Fsp3) is 0.500. The number of amides is 1. The van der Waals surface area contributed by atoms with Crippen LogP contribution in [0.5, 0.6) is 0 Å². The van der Waals surface area contributed by atoms with Crippen molar-refractivity contribution >= 4 is 31.2 Å². The number of fused-ring (bicyclic) bond motifs is 1. The molecule has 34 heavy (non-hydrogen) atoms. The van der Waals surface area contributed by atoms with Crippen molar-refractivity contribution in [1.29, 1.82) is 0 Å². The highest BCUT2D eigenvalue weighted by molar-refractivity contribution is 6.74. The second-order valence-corrected chi connectivity index (χ2v) is 15.0. The monoisotopic (exact) mass is 482 g/mol. The van der Waals surface area contributed by atoms with Crippen LogP contribution in [-0.4, -0.2) is 52.0 Å². The van der Waals surface area contributed by atoms with Crippen molar-refractivity contribution in [2.45, 2.75) is 76.7 Å². The number of nitrogens with two attached hydrogens (primary N) is 1. The van der Waals surface area contributed by atoms with E-state index in [0.29, 0.717) is 22.5 Å². The molecule has 2 aromatic heterocycles. The lowest BCUT2D eigenvalue weighted by molar-refractivity contribution is -0.0321. The van der Waals surface area contributed by atoms with Crippen LogP contribution in [0.15, 0.2) is 43.0 Å². The highest BCUT2D eigenvalue weighted by Crippen LogP contribution is 2.42. The molecule has 0 spiro atoms. The van der Waals surface area contributed by atoms with E-state index in [2.05, 4.69) is 61.1 Å². The van der Waals surface area contributed by atoms with E-state index in [1.54, 1.807) is 18.5 Å². The molecule has 1 aliphatic heterocycles. The molecular weight excluding hydrogens is 448 g/mol. The van der Waals surface area contributed by atoms with Gasteiger partial charge in [-0.2, -0.15) is 0 Å². The Hall–Kier alpha value is -2.66. The summed E-state index contributed by atoms with van der Waals surface area (Å²) in [6.07, 6.45) is 2.88. The molecule has 4 atom stereocenters. The largest absolute Gasteiger partial charge is 0.408 e. The predicted molar refractivity (Wildman–Crippen MR) is 134 cm³/mol. The number of rotatable bonds is 6. The SMILES string of the molecule is CC[C@H]1O[C@@H](n2cnc3c(NC(=O)c4ccccc4)ncnc32)[C@@H](O[Si](C)(C)C(C)(C)C)C1N. The van der Waals surface area contributed by atoms with Gasteiger partial charge in [-0.1, -0.05) is 45.9 Å². The van der Waals surface area contributed by atoms with E-state index in [4.69, 9.17) is 14.9 Å². The molecule has 0 aliphatic carbocycles. The fourth-order valence-electron chi connectivity index (χ4n) is 3.89. The van der Waals surface area contributed by atoms with Crippen molar-refractivity contribution in [3.8, 4) is 0 Å². The first-order chi connectivity index (χ1) is 16.0. The molecule has 9 nitrogen and oxygen atoms in total. The molecule has 0 bridgehead atoms. The summed E-state index contributed by atoms with van der Waals surface area (Å²) in [5.41, 5.74) is 8.20. The average molecular weight is 483 g/mol. The summed E-state index contributed by atoms with van der Waals surface area (Å²) in [5.74, 6) is 0.0771. The van der Waals surface area contributed by atoms with Crippen molar-refractivity contribution in [3.63, 3.8) is 0 Å². The van der Waals surface area contributed by atoms with Gasteiger partial charge in [-0.25, -0.2) is 15.0 Å². The molecule has 3 N–H and O–H groups in total. The molecule has 1 saturated heterocycles. The lowest BCUT2D eigenvalue weighted by atomic mass is 10.1. The number of imidazole rings is 1. The Morgan fingerprint density at radius 2 is 1.91 bits per heavy atom. The molecular formula is C24H34N6O3Si. The topological polar surface area (TPSA) is 117 Å². The van der Waals surface area contributed by atoms with Gasteiger partial charge in [0.2, 0.25) is 0 Å². The van der Waals surface area contributed by atoms with Crippen molar-refractivity contribution in [2.24, 2.45) is 5.73 Å². The molecule has 3 heterocycles. The van der Waals surface area contributed by atoms with Gasteiger partial charge in [0.15, 0.2) is 31.5 Å². The van der Waals surface area contributed by atoms with E-state index in [-0.39, 0.29) is 29.2 Å². The third kappa shape index (κ3) is 4.50. The number of hydrogen-bond acceptors (Lipinski definition) is 7. The first-order valence-electron chi connectivity index (χ1n) is 11.7. The molecule has 1 amide bonds. The van der Waals surface area contributed by atoms with Gasteiger partial charge in [-0.15, -0.1) is 0 Å². The quantitative estimate of drug-likeness (QED) is 0.508. The molecule has 1 aromatic carbocycles. The van der Waals surface area contributed by atoms with Crippen LogP contribution in [0.4, 0.5) is 5.82 Å². The molecule has 3 aromatic rings. The van der Waals surface area contributed by atoms with Crippen LogP contribution < -0.4 is 11.1 Å². The maximum absolute atomic E-state index is 12.7. The maximum Gasteiger partial charge on any atom is 0.256 e.